The van der Waals surface area contributed by atoms with Crippen molar-refractivity contribution in [2.75, 3.05) is 18.8 Å². The van der Waals surface area contributed by atoms with Crippen LogP contribution in [0.25, 0.3) is 0 Å². The van der Waals surface area contributed by atoms with Crippen LogP contribution >= 0.6 is 0 Å². The first kappa shape index (κ1) is 16.5. The van der Waals surface area contributed by atoms with Crippen molar-refractivity contribution in [2.45, 2.75) is 32.1 Å². The second kappa shape index (κ2) is 6.71. The molecule has 1 aromatic rings. The molecule has 0 atom stereocenters. The highest BCUT2D eigenvalue weighted by atomic mass is 32.2. The monoisotopic (exact) mass is 299 g/mol. The van der Waals surface area contributed by atoms with Gasteiger partial charge in [0.05, 0.1) is 5.69 Å². The highest BCUT2D eigenvalue weighted by Gasteiger charge is 2.20. The number of amides is 1. The average Bonchev–Trinajstić information content (AvgIpc) is 2.34. The summed E-state index contributed by atoms with van der Waals surface area (Å²) in [6, 6.07) is 3.35. The number of hydrogen-bond acceptors (Lipinski definition) is 4. The normalized spacial score (nSPS) is 11.3. The Bertz CT molecular complexity index is 597. The lowest BCUT2D eigenvalue weighted by Gasteiger charge is -2.13. The number of nitrogens with two attached hydrogens (primary N) is 1. The summed E-state index contributed by atoms with van der Waals surface area (Å²) >= 11 is 0. The Labute approximate surface area is 119 Å². The molecule has 112 valence electrons. The van der Waals surface area contributed by atoms with E-state index in [1.54, 1.807) is 26.0 Å². The van der Waals surface area contributed by atoms with E-state index in [0.717, 1.165) is 5.56 Å². The number of nitrogens with one attached hydrogen (secondary N) is 2. The number of hydrogen-bond donors (Lipinski definition) is 3. The zero-order valence-corrected chi connectivity index (χ0v) is 12.8. The van der Waals surface area contributed by atoms with Crippen LogP contribution in [0.5, 0.6) is 0 Å². The maximum absolute atomic E-state index is 12.2. The van der Waals surface area contributed by atoms with Crippen molar-refractivity contribution in [3.63, 3.8) is 0 Å². The number of aryl methyl sites for hydroxylation is 1. The van der Waals surface area contributed by atoms with Crippen molar-refractivity contribution in [1.82, 2.24) is 10.0 Å². The van der Waals surface area contributed by atoms with Crippen molar-refractivity contribution in [2.24, 2.45) is 0 Å². The molecule has 0 aromatic heterocycles. The van der Waals surface area contributed by atoms with Gasteiger partial charge in [-0.3, -0.25) is 4.79 Å². The Kier molecular flexibility index (Phi) is 5.52. The third kappa shape index (κ3) is 3.94. The minimum atomic E-state index is -3.71. The molecule has 0 saturated carbocycles. The van der Waals surface area contributed by atoms with Gasteiger partial charge in [0, 0.05) is 19.5 Å². The van der Waals surface area contributed by atoms with Gasteiger partial charge in [-0.25, -0.2) is 13.1 Å². The maximum Gasteiger partial charge on any atom is 0.242 e. The molecule has 0 heterocycles. The first-order chi connectivity index (χ1) is 9.29. The molecular weight excluding hydrogens is 278 g/mol. The third-order valence-electron chi connectivity index (χ3n) is 2.99. The number of benzene rings is 1. The van der Waals surface area contributed by atoms with Gasteiger partial charge in [-0.05, 0) is 38.0 Å². The molecule has 6 nitrogen and oxygen atoms in total. The quantitative estimate of drug-likeness (QED) is 0.673. The van der Waals surface area contributed by atoms with Gasteiger partial charge in [0.15, 0.2) is 0 Å². The lowest BCUT2D eigenvalue weighted by Crippen LogP contribution is -2.31. The Hall–Kier alpha value is -1.60. The molecule has 0 bridgehead atoms. The van der Waals surface area contributed by atoms with E-state index in [2.05, 4.69) is 10.0 Å². The van der Waals surface area contributed by atoms with Gasteiger partial charge in [0.25, 0.3) is 0 Å². The van der Waals surface area contributed by atoms with Gasteiger partial charge in [-0.2, -0.15) is 0 Å². The fourth-order valence-corrected chi connectivity index (χ4v) is 3.28. The van der Waals surface area contributed by atoms with Crippen LogP contribution in [-0.2, 0) is 14.8 Å². The van der Waals surface area contributed by atoms with Crippen LogP contribution in [0.3, 0.4) is 0 Å². The van der Waals surface area contributed by atoms with Crippen LogP contribution in [0, 0.1) is 13.8 Å². The van der Waals surface area contributed by atoms with Crippen molar-refractivity contribution in [3.8, 4) is 0 Å². The minimum Gasteiger partial charge on any atom is -0.398 e. The van der Waals surface area contributed by atoms with E-state index in [0.29, 0.717) is 12.1 Å². The number of nitrogen functional groups attached to an aromatic ring is 1. The molecule has 1 rings (SSSR count). The number of carbonyl (C=O) groups excluding carboxylic acids is 1. The molecule has 0 fully saturated rings. The van der Waals surface area contributed by atoms with Gasteiger partial charge in [-0.1, -0.05) is 6.07 Å². The maximum atomic E-state index is 12.2. The summed E-state index contributed by atoms with van der Waals surface area (Å²) in [6.07, 6.45) is 0.0951. The first-order valence-corrected chi connectivity index (χ1v) is 7.90. The fraction of sp³-hybridized carbons (Fsp3) is 0.462. The molecule has 20 heavy (non-hydrogen) atoms. The fourth-order valence-electron chi connectivity index (χ4n) is 1.82. The smallest absolute Gasteiger partial charge is 0.242 e. The Morgan fingerprint density at radius 3 is 2.55 bits per heavy atom. The summed E-state index contributed by atoms with van der Waals surface area (Å²) in [5.74, 6) is -0.191. The molecule has 7 heteroatoms. The predicted octanol–water partition coefficient (Wildman–Crippen LogP) is 0.690. The average molecular weight is 299 g/mol. The van der Waals surface area contributed by atoms with E-state index < -0.39 is 10.0 Å². The Morgan fingerprint density at radius 2 is 1.95 bits per heavy atom. The molecular formula is C13H21N3O3S. The predicted molar refractivity (Wildman–Crippen MR) is 78.8 cm³/mol. The van der Waals surface area contributed by atoms with Gasteiger partial charge >= 0.3 is 0 Å². The SMILES string of the molecule is CCNC(=O)CCNS(=O)(=O)c1c(N)ccc(C)c1C. The van der Waals surface area contributed by atoms with Crippen LogP contribution in [0.15, 0.2) is 17.0 Å². The largest absolute Gasteiger partial charge is 0.398 e. The molecule has 0 saturated heterocycles. The second-order valence-corrected chi connectivity index (χ2v) is 6.23. The van der Waals surface area contributed by atoms with E-state index in [9.17, 15) is 13.2 Å². The molecule has 0 spiro atoms. The Balaban J connectivity index is 2.85. The van der Waals surface area contributed by atoms with E-state index in [1.165, 1.54) is 0 Å². The summed E-state index contributed by atoms with van der Waals surface area (Å²) in [5, 5.41) is 2.60. The van der Waals surface area contributed by atoms with E-state index in [4.69, 9.17) is 5.73 Å². The van der Waals surface area contributed by atoms with E-state index in [1.807, 2.05) is 6.92 Å². The second-order valence-electron chi connectivity index (χ2n) is 4.53. The topological polar surface area (TPSA) is 101 Å². The number of anilines is 1. The van der Waals surface area contributed by atoms with Gasteiger partial charge in [-0.15, -0.1) is 0 Å². The van der Waals surface area contributed by atoms with Crippen LogP contribution in [-0.4, -0.2) is 27.4 Å². The molecule has 0 unspecified atom stereocenters. The molecule has 0 aliphatic rings. The molecule has 0 radical (unpaired) electrons. The minimum absolute atomic E-state index is 0.0426. The van der Waals surface area contributed by atoms with E-state index >= 15 is 0 Å². The summed E-state index contributed by atoms with van der Waals surface area (Å²) in [4.78, 5) is 11.4. The van der Waals surface area contributed by atoms with Crippen LogP contribution < -0.4 is 15.8 Å². The summed E-state index contributed by atoms with van der Waals surface area (Å²) < 4.78 is 26.9. The summed E-state index contributed by atoms with van der Waals surface area (Å²) in [5.41, 5.74) is 7.44. The number of sulfonamides is 1. The number of rotatable bonds is 6. The molecule has 1 aromatic carbocycles. The standard InChI is InChI=1S/C13H21N3O3S/c1-4-15-12(17)7-8-16-20(18,19)13-10(3)9(2)5-6-11(13)14/h5-6,16H,4,7-8,14H2,1-3H3,(H,15,17). The van der Waals surface area contributed by atoms with Crippen LogP contribution in [0.4, 0.5) is 5.69 Å². The lowest BCUT2D eigenvalue weighted by atomic mass is 10.1. The van der Waals surface area contributed by atoms with Gasteiger partial charge < -0.3 is 11.1 Å². The van der Waals surface area contributed by atoms with Gasteiger partial charge in [0.2, 0.25) is 15.9 Å². The number of carbonyl (C=O) groups is 1. The molecule has 1 amide bonds. The third-order valence-corrected chi connectivity index (χ3v) is 4.66. The van der Waals surface area contributed by atoms with E-state index in [-0.39, 0.29) is 29.5 Å². The zero-order chi connectivity index (χ0) is 15.3. The highest BCUT2D eigenvalue weighted by molar-refractivity contribution is 7.89. The van der Waals surface area contributed by atoms with Crippen molar-refractivity contribution < 1.29 is 13.2 Å². The highest BCUT2D eigenvalue weighted by Crippen LogP contribution is 2.24. The molecule has 4 N–H and O–H groups in total. The van der Waals surface area contributed by atoms with Crippen molar-refractivity contribution >= 4 is 21.6 Å². The van der Waals surface area contributed by atoms with Crippen molar-refractivity contribution in [1.29, 1.82) is 0 Å². The first-order valence-electron chi connectivity index (χ1n) is 6.41. The molecule has 0 aliphatic carbocycles. The van der Waals surface area contributed by atoms with Crippen LogP contribution in [0.1, 0.15) is 24.5 Å². The summed E-state index contributed by atoms with van der Waals surface area (Å²) in [6.45, 7) is 5.90. The Morgan fingerprint density at radius 1 is 1.30 bits per heavy atom. The van der Waals surface area contributed by atoms with Crippen molar-refractivity contribution in [3.05, 3.63) is 23.3 Å². The molecule has 0 aliphatic heterocycles. The zero-order valence-electron chi connectivity index (χ0n) is 12.0. The lowest BCUT2D eigenvalue weighted by molar-refractivity contribution is -0.120. The summed E-state index contributed by atoms with van der Waals surface area (Å²) in [7, 11) is -3.71. The van der Waals surface area contributed by atoms with Gasteiger partial charge in [0.1, 0.15) is 4.90 Å². The van der Waals surface area contributed by atoms with Crippen LogP contribution in [0.2, 0.25) is 0 Å².